The lowest BCUT2D eigenvalue weighted by Gasteiger charge is -2.24. The Labute approximate surface area is 169 Å². The smallest absolute Gasteiger partial charge is 0.319 e. The minimum atomic E-state index is -0.910. The summed E-state index contributed by atoms with van der Waals surface area (Å²) in [7, 11) is 1.47. The average Bonchev–Trinajstić information content (AvgIpc) is 2.94. The summed E-state index contributed by atoms with van der Waals surface area (Å²) in [6, 6.07) is 6.79. The highest BCUT2D eigenvalue weighted by Gasteiger charge is 2.32. The molecular formula is C22H27FN2O4. The number of aliphatic hydroxyl groups excluding tert-OH is 2. The fraction of sp³-hybridized carbons (Fsp3) is 0.409. The molecule has 7 heteroatoms. The van der Waals surface area contributed by atoms with Crippen LogP contribution in [0.4, 0.5) is 14.9 Å². The molecule has 2 amide bonds. The molecule has 0 heterocycles. The van der Waals surface area contributed by atoms with Crippen molar-refractivity contribution >= 4 is 11.7 Å². The van der Waals surface area contributed by atoms with E-state index in [0.29, 0.717) is 34.5 Å². The Kier molecular flexibility index (Phi) is 5.82. The number of hydrogen-bond donors (Lipinski definition) is 4. The minimum Gasteiger partial charge on any atom is -0.494 e. The summed E-state index contributed by atoms with van der Waals surface area (Å²) in [5.41, 5.74) is 3.03. The molecule has 1 unspecified atom stereocenters. The normalized spacial score (nSPS) is 18.3. The third kappa shape index (κ3) is 4.36. The first-order valence-corrected chi connectivity index (χ1v) is 9.50. The summed E-state index contributed by atoms with van der Waals surface area (Å²) in [4.78, 5) is 12.6. The van der Waals surface area contributed by atoms with E-state index in [1.807, 2.05) is 32.9 Å². The number of carbonyl (C=O) groups is 1. The fourth-order valence-corrected chi connectivity index (χ4v) is 3.63. The second kappa shape index (κ2) is 8.00. The lowest BCUT2D eigenvalue weighted by molar-refractivity contribution is 0.145. The molecule has 2 aromatic carbocycles. The number of benzene rings is 2. The molecule has 0 saturated heterocycles. The number of amides is 2. The summed E-state index contributed by atoms with van der Waals surface area (Å²) in [6.45, 7) is 5.87. The van der Waals surface area contributed by atoms with Crippen molar-refractivity contribution in [3.63, 3.8) is 0 Å². The number of aliphatic hydroxyl groups is 2. The number of rotatable bonds is 4. The summed E-state index contributed by atoms with van der Waals surface area (Å²) in [6.07, 6.45) is -0.574. The molecule has 0 bridgehead atoms. The van der Waals surface area contributed by atoms with Crippen LogP contribution in [0, 0.1) is 5.82 Å². The van der Waals surface area contributed by atoms with Gasteiger partial charge in [-0.1, -0.05) is 26.8 Å². The zero-order valence-electron chi connectivity index (χ0n) is 17.0. The van der Waals surface area contributed by atoms with Crippen molar-refractivity contribution in [2.24, 2.45) is 0 Å². The van der Waals surface area contributed by atoms with Crippen LogP contribution in [0.2, 0.25) is 0 Å². The summed E-state index contributed by atoms with van der Waals surface area (Å²) < 4.78 is 18.8. The number of halogens is 1. The Hall–Kier alpha value is -2.64. The van der Waals surface area contributed by atoms with Gasteiger partial charge in [-0.25, -0.2) is 9.18 Å². The Balaban J connectivity index is 1.80. The molecule has 0 radical (unpaired) electrons. The highest BCUT2D eigenvalue weighted by Crippen LogP contribution is 2.36. The van der Waals surface area contributed by atoms with Crippen LogP contribution in [0.3, 0.4) is 0 Å². The first-order chi connectivity index (χ1) is 13.6. The van der Waals surface area contributed by atoms with Gasteiger partial charge in [-0.15, -0.1) is 0 Å². The molecular weight excluding hydrogens is 375 g/mol. The lowest BCUT2D eigenvalue weighted by Crippen LogP contribution is -2.40. The van der Waals surface area contributed by atoms with Crippen molar-refractivity contribution in [1.29, 1.82) is 0 Å². The van der Waals surface area contributed by atoms with Gasteiger partial charge in [0, 0.05) is 5.56 Å². The van der Waals surface area contributed by atoms with Crippen LogP contribution >= 0.6 is 0 Å². The van der Waals surface area contributed by atoms with Crippen LogP contribution in [0.25, 0.3) is 0 Å². The van der Waals surface area contributed by atoms with Gasteiger partial charge in [-0.3, -0.25) is 0 Å². The van der Waals surface area contributed by atoms with Gasteiger partial charge < -0.3 is 25.6 Å². The third-order valence-electron chi connectivity index (χ3n) is 5.22. The first-order valence-electron chi connectivity index (χ1n) is 9.50. The number of urea groups is 1. The number of hydrogen-bond acceptors (Lipinski definition) is 4. The maximum Gasteiger partial charge on any atom is 0.319 e. The molecule has 1 aliphatic carbocycles. The van der Waals surface area contributed by atoms with Gasteiger partial charge in [-0.2, -0.15) is 0 Å². The number of carbonyl (C=O) groups excluding carboxylic acids is 1. The van der Waals surface area contributed by atoms with Crippen molar-refractivity contribution in [2.75, 3.05) is 12.4 Å². The van der Waals surface area contributed by atoms with E-state index >= 15 is 0 Å². The van der Waals surface area contributed by atoms with Crippen LogP contribution in [0.15, 0.2) is 30.3 Å². The standard InChI is InChI=1S/C22H27FN2O4/c1-22(2,3)14-7-13(11-26)20(29-4)18(10-14)25-21(28)24-17-9-12-8-15(23)5-6-16(12)19(17)27/h5-8,10,17,19,26-27H,9,11H2,1-4H3,(H2,24,25,28)/t17?,19-/m0/s1. The highest BCUT2D eigenvalue weighted by atomic mass is 19.1. The maximum atomic E-state index is 13.4. The van der Waals surface area contributed by atoms with Crippen molar-refractivity contribution in [3.8, 4) is 5.75 Å². The van der Waals surface area contributed by atoms with E-state index in [1.165, 1.54) is 25.3 Å². The molecule has 2 aromatic rings. The molecule has 2 atom stereocenters. The summed E-state index contributed by atoms with van der Waals surface area (Å²) in [5, 5.41) is 25.7. The molecule has 0 spiro atoms. The van der Waals surface area contributed by atoms with E-state index in [1.54, 1.807) is 0 Å². The predicted octanol–water partition coefficient (Wildman–Crippen LogP) is 3.40. The Morgan fingerprint density at radius 1 is 1.28 bits per heavy atom. The molecule has 0 aliphatic heterocycles. The molecule has 156 valence electrons. The Bertz CT molecular complexity index is 924. The van der Waals surface area contributed by atoms with Crippen LogP contribution in [0.1, 0.15) is 49.1 Å². The Morgan fingerprint density at radius 2 is 2.00 bits per heavy atom. The second-order valence-electron chi connectivity index (χ2n) is 8.32. The van der Waals surface area contributed by atoms with E-state index in [2.05, 4.69) is 10.6 Å². The lowest BCUT2D eigenvalue weighted by atomic mass is 9.85. The molecule has 29 heavy (non-hydrogen) atoms. The first kappa shape index (κ1) is 21.1. The minimum absolute atomic E-state index is 0.198. The average molecular weight is 402 g/mol. The van der Waals surface area contributed by atoms with Gasteiger partial charge >= 0.3 is 6.03 Å². The predicted molar refractivity (Wildman–Crippen MR) is 109 cm³/mol. The van der Waals surface area contributed by atoms with Gasteiger partial charge in [0.15, 0.2) is 0 Å². The van der Waals surface area contributed by atoms with E-state index in [0.717, 1.165) is 5.56 Å². The molecule has 0 saturated carbocycles. The number of nitrogens with one attached hydrogen (secondary N) is 2. The second-order valence-corrected chi connectivity index (χ2v) is 8.32. The molecule has 4 N–H and O–H groups in total. The van der Waals surface area contributed by atoms with Crippen molar-refractivity contribution in [2.45, 2.75) is 51.4 Å². The van der Waals surface area contributed by atoms with Gasteiger partial charge in [0.2, 0.25) is 0 Å². The van der Waals surface area contributed by atoms with Gasteiger partial charge in [0.05, 0.1) is 31.5 Å². The summed E-state index contributed by atoms with van der Waals surface area (Å²) in [5.74, 6) is 0.00861. The molecule has 0 aromatic heterocycles. The van der Waals surface area contributed by atoms with Crippen LogP contribution in [0.5, 0.6) is 5.75 Å². The van der Waals surface area contributed by atoms with Crippen LogP contribution in [-0.4, -0.2) is 29.4 Å². The summed E-state index contributed by atoms with van der Waals surface area (Å²) >= 11 is 0. The quantitative estimate of drug-likeness (QED) is 0.631. The highest BCUT2D eigenvalue weighted by molar-refractivity contribution is 5.92. The number of methoxy groups -OCH3 is 1. The molecule has 3 rings (SSSR count). The van der Waals surface area contributed by atoms with Gasteiger partial charge in [0.1, 0.15) is 11.6 Å². The zero-order chi connectivity index (χ0) is 21.3. The van der Waals surface area contributed by atoms with E-state index in [9.17, 15) is 19.4 Å². The van der Waals surface area contributed by atoms with E-state index < -0.39 is 18.2 Å². The largest absolute Gasteiger partial charge is 0.494 e. The molecule has 0 fully saturated rings. The van der Waals surface area contributed by atoms with E-state index in [-0.39, 0.29) is 17.8 Å². The monoisotopic (exact) mass is 402 g/mol. The van der Waals surface area contributed by atoms with Crippen LogP contribution in [-0.2, 0) is 18.4 Å². The zero-order valence-corrected chi connectivity index (χ0v) is 17.0. The van der Waals surface area contributed by atoms with Crippen molar-refractivity contribution in [1.82, 2.24) is 5.32 Å². The third-order valence-corrected chi connectivity index (χ3v) is 5.22. The molecule has 1 aliphatic rings. The number of ether oxygens (including phenoxy) is 1. The van der Waals surface area contributed by atoms with E-state index in [4.69, 9.17) is 4.74 Å². The number of fused-ring (bicyclic) bond motifs is 1. The van der Waals surface area contributed by atoms with Gasteiger partial charge in [0.25, 0.3) is 0 Å². The van der Waals surface area contributed by atoms with Crippen molar-refractivity contribution < 1.29 is 24.1 Å². The number of anilines is 1. The maximum absolute atomic E-state index is 13.4. The van der Waals surface area contributed by atoms with Gasteiger partial charge in [-0.05, 0) is 52.8 Å². The molecule has 6 nitrogen and oxygen atoms in total. The Morgan fingerprint density at radius 3 is 2.62 bits per heavy atom. The topological polar surface area (TPSA) is 90.8 Å². The fourth-order valence-electron chi connectivity index (χ4n) is 3.63. The van der Waals surface area contributed by atoms with Crippen molar-refractivity contribution in [3.05, 3.63) is 58.4 Å². The SMILES string of the molecule is COc1c(CO)cc(C(C)(C)C)cc1NC(=O)NC1Cc2cc(F)ccc2[C@@H]1O. The van der Waals surface area contributed by atoms with Crippen LogP contribution < -0.4 is 15.4 Å².